The Morgan fingerprint density at radius 1 is 0.952 bits per heavy atom. The predicted molar refractivity (Wildman–Crippen MR) is 222 cm³/mol. The van der Waals surface area contributed by atoms with Gasteiger partial charge in [-0.15, -0.1) is 0 Å². The number of aromatic nitrogens is 4. The third kappa shape index (κ3) is 8.14. The van der Waals surface area contributed by atoms with Crippen LogP contribution in [-0.4, -0.2) is 57.2 Å². The minimum Gasteiger partial charge on any atom is -0.497 e. The van der Waals surface area contributed by atoms with Crippen LogP contribution >= 0.6 is 11.6 Å². The monoisotopic (exact) mass is 892 g/mol. The number of hydrogen-bond acceptors (Lipinski definition) is 7. The lowest BCUT2D eigenvalue weighted by Gasteiger charge is -2.23. The summed E-state index contributed by atoms with van der Waals surface area (Å²) in [6.07, 6.45) is -4.52. The van der Waals surface area contributed by atoms with Crippen LogP contribution in [0.5, 0.6) is 5.75 Å². The highest BCUT2D eigenvalue weighted by molar-refractivity contribution is 7.94. The van der Waals surface area contributed by atoms with Gasteiger partial charge in [0.2, 0.25) is 10.0 Å². The van der Waals surface area contributed by atoms with Gasteiger partial charge in [-0.25, -0.2) is 40.1 Å². The first-order chi connectivity index (χ1) is 29.6. The summed E-state index contributed by atoms with van der Waals surface area (Å²) >= 11 is 6.74. The number of anilines is 1. The normalized spacial score (nSPS) is 14.0. The van der Waals surface area contributed by atoms with E-state index < -0.39 is 75.1 Å². The molecule has 1 aliphatic carbocycles. The van der Waals surface area contributed by atoms with Crippen LogP contribution in [0.2, 0.25) is 5.02 Å². The van der Waals surface area contributed by atoms with E-state index in [1.807, 2.05) is 0 Å². The van der Waals surface area contributed by atoms with Crippen LogP contribution in [0.1, 0.15) is 35.8 Å². The fourth-order valence-electron chi connectivity index (χ4n) is 7.66. The van der Waals surface area contributed by atoms with Crippen molar-refractivity contribution < 1.29 is 45.0 Å². The minimum absolute atomic E-state index is 0.0454. The van der Waals surface area contributed by atoms with Gasteiger partial charge >= 0.3 is 6.09 Å². The van der Waals surface area contributed by atoms with E-state index in [0.29, 0.717) is 22.9 Å². The number of carbonyl (C=O) groups is 1. The van der Waals surface area contributed by atoms with E-state index in [1.54, 1.807) is 30.3 Å². The van der Waals surface area contributed by atoms with E-state index in [1.165, 1.54) is 55.6 Å². The summed E-state index contributed by atoms with van der Waals surface area (Å²) in [6, 6.07) is 20.4. The van der Waals surface area contributed by atoms with E-state index in [9.17, 15) is 45.1 Å². The first-order valence-electron chi connectivity index (χ1n) is 19.0. The fraction of sp³-hybridized carbons (Fsp3) is 0.209. The van der Waals surface area contributed by atoms with Gasteiger partial charge in [-0.3, -0.25) is 18.8 Å². The van der Waals surface area contributed by atoms with Crippen molar-refractivity contribution in [3.8, 4) is 22.6 Å². The average Bonchev–Trinajstić information content (AvgIpc) is 3.93. The Kier molecular flexibility index (Phi) is 11.1. The molecule has 1 saturated carbocycles. The van der Waals surface area contributed by atoms with Gasteiger partial charge in [-0.05, 0) is 90.6 Å². The van der Waals surface area contributed by atoms with Crippen LogP contribution < -0.4 is 20.3 Å². The van der Waals surface area contributed by atoms with Gasteiger partial charge in [0.1, 0.15) is 35.6 Å². The number of fused-ring (bicyclic) bond motifs is 2. The SMILES string of the molecule is COc1ccc(CC2(S(=O)(=O)Nc3nn(CC(F)F)c4c(-n5c([C@H](Cc6cc(F)cc(F)c6)NC(=O)O)nc6cc(-c7ccccc7F)ccc6c5=O)ccc(Cl)c34)CC2)cc1. The smallest absolute Gasteiger partial charge is 0.405 e. The van der Waals surface area contributed by atoms with Crippen molar-refractivity contribution in [2.24, 2.45) is 0 Å². The number of nitrogens with one attached hydrogen (secondary N) is 2. The molecule has 320 valence electrons. The van der Waals surface area contributed by atoms with Gasteiger partial charge in [0, 0.05) is 18.1 Å². The summed E-state index contributed by atoms with van der Waals surface area (Å²) in [4.78, 5) is 32.0. The Morgan fingerprint density at radius 3 is 2.31 bits per heavy atom. The Balaban J connectivity index is 1.34. The molecule has 8 rings (SSSR count). The third-order valence-electron chi connectivity index (χ3n) is 10.7. The minimum atomic E-state index is -4.31. The summed E-state index contributed by atoms with van der Waals surface area (Å²) in [7, 11) is -2.81. The number of nitrogens with zero attached hydrogens (tertiary/aromatic N) is 4. The first kappa shape index (κ1) is 42.2. The molecule has 3 N–H and O–H groups in total. The molecule has 7 aromatic rings. The summed E-state index contributed by atoms with van der Waals surface area (Å²) in [5, 5.41) is 16.2. The van der Waals surface area contributed by atoms with Crippen LogP contribution in [0.25, 0.3) is 38.6 Å². The van der Waals surface area contributed by atoms with Crippen molar-refractivity contribution in [2.75, 3.05) is 11.8 Å². The van der Waals surface area contributed by atoms with Gasteiger partial charge in [0.25, 0.3) is 12.0 Å². The number of alkyl halides is 2. The maximum atomic E-state index is 15.0. The van der Waals surface area contributed by atoms with Crippen molar-refractivity contribution in [1.29, 1.82) is 0 Å². The molecule has 5 aromatic carbocycles. The zero-order chi connectivity index (χ0) is 44.1. The lowest BCUT2D eigenvalue weighted by molar-refractivity contribution is 0.123. The molecule has 0 unspecified atom stereocenters. The lowest BCUT2D eigenvalue weighted by atomic mass is 10.0. The molecule has 2 heterocycles. The summed E-state index contributed by atoms with van der Waals surface area (Å²) < 4.78 is 109. The standard InChI is InChI=1S/C43H34ClF5N6O6S/c1-61-28-9-6-23(7-10-28)21-43(14-15-43)62(59,60)53-39-37-31(44)12-13-35(38(37)54(52-39)22-36(48)49)55-40(34(51-42(57)58)18-24-16-26(45)20-27(46)17-24)50-33-19-25(8-11-30(33)41(55)56)29-4-2-3-5-32(29)47/h2-13,16-17,19-20,34,36,51H,14-15,18,21-22H2,1H3,(H,52,53)(H,57,58)/t34-/m0/s1. The molecule has 0 spiro atoms. The van der Waals surface area contributed by atoms with Gasteiger partial charge in [0.05, 0.1) is 50.4 Å². The number of halogens is 6. The van der Waals surface area contributed by atoms with Gasteiger partial charge in [-0.1, -0.05) is 48.0 Å². The fourth-order valence-corrected chi connectivity index (χ4v) is 9.51. The Labute approximate surface area is 354 Å². The van der Waals surface area contributed by atoms with Crippen LogP contribution in [0, 0.1) is 17.5 Å². The molecule has 1 aliphatic rings. The maximum Gasteiger partial charge on any atom is 0.405 e. The summed E-state index contributed by atoms with van der Waals surface area (Å²) in [5.41, 5.74) is -0.306. The molecule has 12 nitrogen and oxygen atoms in total. The van der Waals surface area contributed by atoms with Gasteiger partial charge in [-0.2, -0.15) is 5.10 Å². The van der Waals surface area contributed by atoms with Crippen LogP contribution in [0.15, 0.2) is 102 Å². The Hall–Kier alpha value is -6.53. The number of carboxylic acid groups (broad SMARTS) is 1. The van der Waals surface area contributed by atoms with Crippen LogP contribution in [0.4, 0.5) is 32.6 Å². The highest BCUT2D eigenvalue weighted by atomic mass is 35.5. The second-order valence-corrected chi connectivity index (χ2v) is 17.3. The lowest BCUT2D eigenvalue weighted by Crippen LogP contribution is -2.35. The number of rotatable bonds is 14. The quantitative estimate of drug-likeness (QED) is 0.0915. The van der Waals surface area contributed by atoms with Crippen LogP contribution in [-0.2, 0) is 29.4 Å². The Morgan fingerprint density at radius 2 is 1.66 bits per heavy atom. The summed E-state index contributed by atoms with van der Waals surface area (Å²) in [6.45, 7) is -1.11. The van der Waals surface area contributed by atoms with Gasteiger partial charge < -0.3 is 15.2 Å². The van der Waals surface area contributed by atoms with E-state index >= 15 is 0 Å². The van der Waals surface area contributed by atoms with Crippen molar-refractivity contribution >= 4 is 55.3 Å². The molecule has 2 aromatic heterocycles. The number of sulfonamides is 1. The average molecular weight is 893 g/mol. The first-order valence-corrected chi connectivity index (χ1v) is 20.8. The van der Waals surface area contributed by atoms with Crippen molar-refractivity contribution in [1.82, 2.24) is 24.6 Å². The molecule has 1 atom stereocenters. The molecule has 0 radical (unpaired) electrons. The molecule has 19 heteroatoms. The number of ether oxygens (including phenoxy) is 1. The number of methoxy groups -OCH3 is 1. The highest BCUT2D eigenvalue weighted by Crippen LogP contribution is 2.48. The number of hydrogen-bond donors (Lipinski definition) is 3. The molecule has 1 amide bonds. The zero-order valence-electron chi connectivity index (χ0n) is 32.4. The van der Waals surface area contributed by atoms with E-state index in [2.05, 4.69) is 15.1 Å². The molecule has 0 bridgehead atoms. The second-order valence-electron chi connectivity index (χ2n) is 14.8. The number of benzene rings is 5. The molecule has 62 heavy (non-hydrogen) atoms. The Bertz CT molecular complexity index is 3050. The van der Waals surface area contributed by atoms with Gasteiger partial charge in [0.15, 0.2) is 5.82 Å². The van der Waals surface area contributed by atoms with Crippen molar-refractivity contribution in [3.05, 3.63) is 147 Å². The summed E-state index contributed by atoms with van der Waals surface area (Å²) in [5.74, 6) is -2.77. The number of amides is 1. The van der Waals surface area contributed by atoms with E-state index in [4.69, 9.17) is 21.3 Å². The second kappa shape index (κ2) is 16.4. The van der Waals surface area contributed by atoms with E-state index in [-0.39, 0.29) is 68.7 Å². The van der Waals surface area contributed by atoms with Crippen LogP contribution in [0.3, 0.4) is 0 Å². The third-order valence-corrected chi connectivity index (χ3v) is 13.2. The van der Waals surface area contributed by atoms with Crippen molar-refractivity contribution in [3.63, 3.8) is 0 Å². The molecular weight excluding hydrogens is 859 g/mol. The zero-order valence-corrected chi connectivity index (χ0v) is 34.0. The van der Waals surface area contributed by atoms with E-state index in [0.717, 1.165) is 21.4 Å². The highest BCUT2D eigenvalue weighted by Gasteiger charge is 2.55. The predicted octanol–water partition coefficient (Wildman–Crippen LogP) is 8.82. The largest absolute Gasteiger partial charge is 0.497 e. The molecule has 1 fully saturated rings. The van der Waals surface area contributed by atoms with Crippen molar-refractivity contribution in [2.45, 2.75) is 49.4 Å². The maximum absolute atomic E-state index is 15.0. The molecule has 0 aliphatic heterocycles. The molecular formula is C43H34ClF5N6O6S. The molecule has 0 saturated heterocycles. The topological polar surface area (TPSA) is 157 Å².